The van der Waals surface area contributed by atoms with Gasteiger partial charge in [-0.3, -0.25) is 10.0 Å². The Balaban J connectivity index is 3.05. The van der Waals surface area contributed by atoms with E-state index in [2.05, 4.69) is 6.92 Å². The maximum atomic E-state index is 11.0. The molecule has 0 aromatic heterocycles. The molecule has 0 atom stereocenters. The highest BCUT2D eigenvalue weighted by Gasteiger charge is 2.04. The van der Waals surface area contributed by atoms with Crippen LogP contribution in [-0.4, -0.2) is 16.3 Å². The second-order valence-electron chi connectivity index (χ2n) is 5.38. The Hall–Kier alpha value is -0.610. The van der Waals surface area contributed by atoms with Crippen LogP contribution in [0, 0.1) is 0 Å². The van der Waals surface area contributed by atoms with E-state index in [1.807, 2.05) is 0 Å². The second-order valence-corrected chi connectivity index (χ2v) is 5.38. The number of carbonyl (C=O) groups excluding carboxylic acids is 1. The van der Waals surface area contributed by atoms with E-state index >= 15 is 0 Å². The molecule has 0 unspecified atom stereocenters. The van der Waals surface area contributed by atoms with Gasteiger partial charge in [-0.05, 0) is 6.42 Å². The van der Waals surface area contributed by atoms with Crippen molar-refractivity contribution >= 4 is 5.91 Å². The molecular weight excluding hydrogens is 240 g/mol. The van der Waals surface area contributed by atoms with Gasteiger partial charge in [0, 0.05) is 6.42 Å². The molecule has 4 heteroatoms. The summed E-state index contributed by atoms with van der Waals surface area (Å²) in [5.74, 6) is 4.52. The monoisotopic (exact) mass is 272 g/mol. The lowest BCUT2D eigenvalue weighted by Crippen LogP contribution is -2.33. The van der Waals surface area contributed by atoms with Crippen LogP contribution in [0.2, 0.25) is 0 Å². The van der Waals surface area contributed by atoms with E-state index in [0.717, 1.165) is 12.8 Å². The van der Waals surface area contributed by atoms with Gasteiger partial charge in [0.05, 0.1) is 0 Å². The average molecular weight is 272 g/mol. The summed E-state index contributed by atoms with van der Waals surface area (Å²) in [6.07, 6.45) is 15.6. The van der Waals surface area contributed by atoms with Gasteiger partial charge in [0.15, 0.2) is 0 Å². The number of hydrogen-bond acceptors (Lipinski definition) is 3. The van der Waals surface area contributed by atoms with Crippen LogP contribution in [0.1, 0.15) is 90.4 Å². The number of hydrogen-bond donors (Lipinski definition) is 2. The van der Waals surface area contributed by atoms with Gasteiger partial charge >= 0.3 is 0 Å². The van der Waals surface area contributed by atoms with Gasteiger partial charge in [0.1, 0.15) is 0 Å². The lowest BCUT2D eigenvalue weighted by Gasteiger charge is -2.07. The molecule has 0 radical (unpaired) electrons. The summed E-state index contributed by atoms with van der Waals surface area (Å²) >= 11 is 0. The minimum atomic E-state index is -0.396. The van der Waals surface area contributed by atoms with Gasteiger partial charge in [-0.15, -0.1) is 0 Å². The second kappa shape index (κ2) is 13.8. The number of rotatable bonds is 13. The fourth-order valence-electron chi connectivity index (χ4n) is 2.23. The first-order valence-electron chi connectivity index (χ1n) is 7.95. The first-order chi connectivity index (χ1) is 9.18. The molecule has 0 spiro atoms. The van der Waals surface area contributed by atoms with Crippen LogP contribution in [0.15, 0.2) is 0 Å². The lowest BCUT2D eigenvalue weighted by atomic mass is 10.0. The van der Waals surface area contributed by atoms with E-state index in [1.165, 1.54) is 64.2 Å². The molecule has 3 N–H and O–H groups in total. The molecule has 0 aromatic carbocycles. The topological polar surface area (TPSA) is 66.6 Å². The van der Waals surface area contributed by atoms with Gasteiger partial charge < -0.3 is 0 Å². The molecule has 0 aliphatic heterocycles. The highest BCUT2D eigenvalue weighted by atomic mass is 16.5. The summed E-state index contributed by atoms with van der Waals surface area (Å²) in [4.78, 5) is 11.0. The fourth-order valence-corrected chi connectivity index (χ4v) is 2.23. The lowest BCUT2D eigenvalue weighted by molar-refractivity contribution is -0.166. The molecule has 0 aromatic rings. The number of nitrogens with zero attached hydrogens (tertiary/aromatic N) is 1. The van der Waals surface area contributed by atoms with Crippen molar-refractivity contribution in [1.29, 1.82) is 0 Å². The molecule has 0 aliphatic rings. The van der Waals surface area contributed by atoms with Gasteiger partial charge in [-0.1, -0.05) is 77.6 Å². The summed E-state index contributed by atoms with van der Waals surface area (Å²) < 4.78 is 0. The number of unbranched alkanes of at least 4 members (excludes halogenated alkanes) is 11. The summed E-state index contributed by atoms with van der Waals surface area (Å²) in [6.45, 7) is 2.25. The van der Waals surface area contributed by atoms with Crippen molar-refractivity contribution in [1.82, 2.24) is 5.17 Å². The molecule has 0 saturated carbocycles. The van der Waals surface area contributed by atoms with Crippen LogP contribution in [0.3, 0.4) is 0 Å². The zero-order chi connectivity index (χ0) is 14.3. The Bertz CT molecular complexity index is 208. The Kier molecular flexibility index (Phi) is 13.4. The molecule has 4 nitrogen and oxygen atoms in total. The molecule has 1 amide bonds. The van der Waals surface area contributed by atoms with Crippen molar-refractivity contribution in [2.75, 3.05) is 0 Å². The Labute approximate surface area is 118 Å². The van der Waals surface area contributed by atoms with E-state index in [4.69, 9.17) is 11.0 Å². The molecule has 0 fully saturated rings. The molecule has 0 heterocycles. The standard InChI is InChI=1S/C15H32N2O2/c1-2-3-4-5-6-7-8-9-10-11-12-13-14-15(18)17(16)19/h19H,2-14,16H2,1H3. The van der Waals surface area contributed by atoms with Gasteiger partial charge in [0.2, 0.25) is 0 Å². The van der Waals surface area contributed by atoms with Gasteiger partial charge in [0.25, 0.3) is 5.91 Å². The molecule has 114 valence electrons. The van der Waals surface area contributed by atoms with Crippen molar-refractivity contribution in [3.8, 4) is 0 Å². The minimum absolute atomic E-state index is 0.193. The van der Waals surface area contributed by atoms with Crippen LogP contribution < -0.4 is 5.84 Å². The quantitative estimate of drug-likeness (QED) is 0.174. The largest absolute Gasteiger partial charge is 0.271 e. The Morgan fingerprint density at radius 1 is 0.842 bits per heavy atom. The third-order valence-electron chi connectivity index (χ3n) is 3.50. The molecule has 19 heavy (non-hydrogen) atoms. The third-order valence-corrected chi connectivity index (χ3v) is 3.50. The van der Waals surface area contributed by atoms with E-state index in [9.17, 15) is 4.79 Å². The first-order valence-corrected chi connectivity index (χ1v) is 7.95. The van der Waals surface area contributed by atoms with Crippen LogP contribution in [0.5, 0.6) is 0 Å². The van der Waals surface area contributed by atoms with Crippen LogP contribution in [-0.2, 0) is 4.79 Å². The molecule has 0 aliphatic carbocycles. The zero-order valence-corrected chi connectivity index (χ0v) is 12.6. The highest BCUT2D eigenvalue weighted by Crippen LogP contribution is 2.12. The molecule has 0 saturated heterocycles. The zero-order valence-electron chi connectivity index (χ0n) is 12.6. The first kappa shape index (κ1) is 18.4. The van der Waals surface area contributed by atoms with Gasteiger partial charge in [-0.2, -0.15) is 5.17 Å². The SMILES string of the molecule is CCCCCCCCCCCCCCC(=O)N(N)O. The number of nitrogens with two attached hydrogens (primary N) is 1. The van der Waals surface area contributed by atoms with E-state index in [1.54, 1.807) is 0 Å². The average Bonchev–Trinajstić information content (AvgIpc) is 2.39. The van der Waals surface area contributed by atoms with Crippen molar-refractivity contribution < 1.29 is 10.0 Å². The predicted molar refractivity (Wildman–Crippen MR) is 78.5 cm³/mol. The Morgan fingerprint density at radius 3 is 1.58 bits per heavy atom. The van der Waals surface area contributed by atoms with Crippen molar-refractivity contribution in [3.05, 3.63) is 0 Å². The predicted octanol–water partition coefficient (Wildman–Crippen LogP) is 4.17. The van der Waals surface area contributed by atoms with Crippen molar-refractivity contribution in [2.24, 2.45) is 5.84 Å². The van der Waals surface area contributed by atoms with Crippen LogP contribution >= 0.6 is 0 Å². The van der Waals surface area contributed by atoms with Crippen LogP contribution in [0.25, 0.3) is 0 Å². The third kappa shape index (κ3) is 13.6. The summed E-state index contributed by atoms with van der Waals surface area (Å²) in [7, 11) is 0. The van der Waals surface area contributed by atoms with Crippen molar-refractivity contribution in [2.45, 2.75) is 90.4 Å². The highest BCUT2D eigenvalue weighted by molar-refractivity contribution is 5.74. The molecular formula is C15H32N2O2. The number of carbonyl (C=O) groups is 1. The van der Waals surface area contributed by atoms with E-state index in [-0.39, 0.29) is 5.17 Å². The summed E-state index contributed by atoms with van der Waals surface area (Å²) in [5.41, 5.74) is 0. The van der Waals surface area contributed by atoms with E-state index < -0.39 is 5.91 Å². The van der Waals surface area contributed by atoms with Crippen LogP contribution in [0.4, 0.5) is 0 Å². The normalized spacial score (nSPS) is 10.7. The van der Waals surface area contributed by atoms with Crippen molar-refractivity contribution in [3.63, 3.8) is 0 Å². The summed E-state index contributed by atoms with van der Waals surface area (Å²) in [5, 5.41) is 8.85. The number of amides is 1. The number of hydrazine groups is 1. The summed E-state index contributed by atoms with van der Waals surface area (Å²) in [6, 6.07) is 0. The maximum Gasteiger partial charge on any atom is 0.260 e. The van der Waals surface area contributed by atoms with Gasteiger partial charge in [-0.25, -0.2) is 5.84 Å². The number of hydroxylamine groups is 1. The fraction of sp³-hybridized carbons (Fsp3) is 0.933. The molecule has 0 bridgehead atoms. The Morgan fingerprint density at radius 2 is 1.21 bits per heavy atom. The molecule has 0 rings (SSSR count). The maximum absolute atomic E-state index is 11.0. The smallest absolute Gasteiger partial charge is 0.260 e. The van der Waals surface area contributed by atoms with E-state index in [0.29, 0.717) is 6.42 Å². The minimum Gasteiger partial charge on any atom is -0.271 e.